The molecule has 11 heteroatoms. The monoisotopic (exact) mass is 445 g/mol. The van der Waals surface area contributed by atoms with Crippen molar-refractivity contribution in [1.29, 1.82) is 0 Å². The number of sulfonamides is 1. The van der Waals surface area contributed by atoms with E-state index in [9.17, 15) is 13.2 Å². The van der Waals surface area contributed by atoms with Crippen LogP contribution in [0, 0.1) is 0 Å². The van der Waals surface area contributed by atoms with Gasteiger partial charge in [-0.2, -0.15) is 0 Å². The highest BCUT2D eigenvalue weighted by Gasteiger charge is 2.33. The number of hydrogen-bond acceptors (Lipinski definition) is 8. The normalized spacial score (nSPS) is 19.7. The second-order valence-electron chi connectivity index (χ2n) is 7.05. The zero-order valence-electron chi connectivity index (χ0n) is 15.9. The molecule has 1 amide bonds. The lowest BCUT2D eigenvalue weighted by atomic mass is 10.1. The number of morpholine rings is 1. The first-order valence-corrected chi connectivity index (χ1v) is 11.9. The zero-order valence-corrected chi connectivity index (χ0v) is 17.6. The van der Waals surface area contributed by atoms with Gasteiger partial charge in [0.05, 0.1) is 36.5 Å². The Morgan fingerprint density at radius 1 is 1.13 bits per heavy atom. The third-order valence-electron chi connectivity index (χ3n) is 5.08. The number of nitrogens with zero attached hydrogens (tertiary/aromatic N) is 4. The van der Waals surface area contributed by atoms with Gasteiger partial charge in [0.25, 0.3) is 15.9 Å². The number of anilines is 3. The number of hydrogen-bond donors (Lipinski definition) is 1. The Kier molecular flexibility index (Phi) is 4.88. The first-order valence-electron chi connectivity index (χ1n) is 9.51. The molecule has 4 heterocycles. The van der Waals surface area contributed by atoms with Crippen molar-refractivity contribution in [2.45, 2.75) is 4.90 Å². The first-order chi connectivity index (χ1) is 14.5. The Labute approximate surface area is 178 Å². The number of carbonyl (C=O) groups excluding carboxylic acids is 1. The van der Waals surface area contributed by atoms with Crippen molar-refractivity contribution in [3.05, 3.63) is 42.1 Å². The third kappa shape index (κ3) is 3.75. The van der Waals surface area contributed by atoms with Crippen LogP contribution in [0.5, 0.6) is 0 Å². The molecule has 0 saturated carbocycles. The van der Waals surface area contributed by atoms with Crippen LogP contribution >= 0.6 is 11.8 Å². The van der Waals surface area contributed by atoms with E-state index in [1.165, 1.54) is 11.8 Å². The Hall–Kier alpha value is -2.63. The number of fused-ring (bicyclic) bond motifs is 3. The van der Waals surface area contributed by atoms with E-state index in [2.05, 4.69) is 19.6 Å². The van der Waals surface area contributed by atoms with Gasteiger partial charge in [0.2, 0.25) is 0 Å². The lowest BCUT2D eigenvalue weighted by molar-refractivity contribution is 0.102. The Bertz CT molecular complexity index is 1130. The van der Waals surface area contributed by atoms with Gasteiger partial charge >= 0.3 is 0 Å². The molecule has 2 aromatic rings. The fourth-order valence-electron chi connectivity index (χ4n) is 3.51. The Morgan fingerprint density at radius 3 is 2.73 bits per heavy atom. The van der Waals surface area contributed by atoms with Crippen molar-refractivity contribution < 1.29 is 17.9 Å². The van der Waals surface area contributed by atoms with Crippen LogP contribution in [0.4, 0.5) is 17.2 Å². The van der Waals surface area contributed by atoms with E-state index in [0.29, 0.717) is 36.2 Å². The van der Waals surface area contributed by atoms with Gasteiger partial charge in [-0.15, -0.1) is 4.40 Å². The molecule has 3 aliphatic rings. The average Bonchev–Trinajstić information content (AvgIpc) is 3.10. The predicted octanol–water partition coefficient (Wildman–Crippen LogP) is 1.78. The summed E-state index contributed by atoms with van der Waals surface area (Å²) in [5.74, 6) is 0.600. The minimum Gasteiger partial charge on any atom is -0.378 e. The Balaban J connectivity index is 1.30. The molecule has 1 aromatic carbocycles. The van der Waals surface area contributed by atoms with Crippen LogP contribution in [0.1, 0.15) is 10.4 Å². The molecule has 0 spiro atoms. The largest absolute Gasteiger partial charge is 0.378 e. The van der Waals surface area contributed by atoms with E-state index in [1.54, 1.807) is 18.3 Å². The highest BCUT2D eigenvalue weighted by Crippen LogP contribution is 2.42. The maximum Gasteiger partial charge on any atom is 0.257 e. The van der Waals surface area contributed by atoms with Crippen molar-refractivity contribution in [1.82, 2.24) is 4.98 Å². The fraction of sp³-hybridized carbons (Fsp3) is 0.316. The standard InChI is InChI=1S/C19H19N5O4S2/c25-18(21-14-2-4-17(20-12-14)23-5-8-28-9-6-23)13-1-3-15-16(11-13)29-19-22-30(26,27)10-7-24(15)19/h1-4,11-12H,5-10H2,(H,21,25). The van der Waals surface area contributed by atoms with E-state index in [4.69, 9.17) is 4.74 Å². The maximum atomic E-state index is 12.7. The summed E-state index contributed by atoms with van der Waals surface area (Å²) in [7, 11) is -3.40. The minimum absolute atomic E-state index is 0.00775. The van der Waals surface area contributed by atoms with Crippen LogP contribution in [-0.2, 0) is 14.8 Å². The molecular formula is C19H19N5O4S2. The van der Waals surface area contributed by atoms with Gasteiger partial charge in [-0.25, -0.2) is 13.4 Å². The van der Waals surface area contributed by atoms with Crippen LogP contribution in [0.2, 0.25) is 0 Å². The molecular weight excluding hydrogens is 426 g/mol. The SMILES string of the molecule is O=C(Nc1ccc(N2CCOCC2)nc1)c1ccc2c(c1)SC1=NS(=O)(=O)CCN12. The molecule has 30 heavy (non-hydrogen) atoms. The zero-order chi connectivity index (χ0) is 20.7. The predicted molar refractivity (Wildman–Crippen MR) is 116 cm³/mol. The first kappa shape index (κ1) is 19.3. The molecule has 0 atom stereocenters. The van der Waals surface area contributed by atoms with Crippen LogP contribution < -0.4 is 15.1 Å². The van der Waals surface area contributed by atoms with E-state index >= 15 is 0 Å². The smallest absolute Gasteiger partial charge is 0.257 e. The molecule has 0 aliphatic carbocycles. The van der Waals surface area contributed by atoms with Crippen molar-refractivity contribution in [2.75, 3.05) is 53.7 Å². The van der Waals surface area contributed by atoms with Crippen molar-refractivity contribution in [3.8, 4) is 0 Å². The van der Waals surface area contributed by atoms with Crippen molar-refractivity contribution >= 4 is 50.1 Å². The maximum absolute atomic E-state index is 12.7. The molecule has 3 aliphatic heterocycles. The molecule has 9 nitrogen and oxygen atoms in total. The molecule has 0 unspecified atom stereocenters. The number of rotatable bonds is 3. The number of carbonyl (C=O) groups is 1. The number of benzene rings is 1. The van der Waals surface area contributed by atoms with Gasteiger partial charge in [-0.1, -0.05) is 0 Å². The number of ether oxygens (including phenoxy) is 1. The molecule has 1 N–H and O–H groups in total. The third-order valence-corrected chi connectivity index (χ3v) is 7.38. The van der Waals surface area contributed by atoms with Gasteiger partial charge in [0, 0.05) is 30.1 Å². The van der Waals surface area contributed by atoms with Crippen LogP contribution in [0.3, 0.4) is 0 Å². The molecule has 5 rings (SSSR count). The van der Waals surface area contributed by atoms with Crippen LogP contribution in [0.15, 0.2) is 45.8 Å². The topological polar surface area (TPSA) is 104 Å². The molecule has 1 aromatic heterocycles. The van der Waals surface area contributed by atoms with Gasteiger partial charge in [-0.3, -0.25) is 4.79 Å². The summed E-state index contributed by atoms with van der Waals surface area (Å²) in [6.07, 6.45) is 1.64. The highest BCUT2D eigenvalue weighted by molar-refractivity contribution is 8.15. The number of thioether (sulfide) groups is 1. The quantitative estimate of drug-likeness (QED) is 0.763. The Morgan fingerprint density at radius 2 is 1.97 bits per heavy atom. The summed E-state index contributed by atoms with van der Waals surface area (Å²) >= 11 is 1.27. The number of amidine groups is 1. The molecule has 1 saturated heterocycles. The lowest BCUT2D eigenvalue weighted by Gasteiger charge is -2.27. The summed E-state index contributed by atoms with van der Waals surface area (Å²) in [5, 5.41) is 3.30. The van der Waals surface area contributed by atoms with Crippen molar-refractivity contribution in [3.63, 3.8) is 0 Å². The summed E-state index contributed by atoms with van der Waals surface area (Å²) in [6, 6.07) is 9.04. The lowest BCUT2D eigenvalue weighted by Crippen LogP contribution is -2.36. The average molecular weight is 446 g/mol. The summed E-state index contributed by atoms with van der Waals surface area (Å²) in [4.78, 5) is 22.0. The molecule has 0 radical (unpaired) electrons. The van der Waals surface area contributed by atoms with Gasteiger partial charge < -0.3 is 19.9 Å². The minimum atomic E-state index is -3.40. The summed E-state index contributed by atoms with van der Waals surface area (Å²) in [5.41, 5.74) is 1.97. The summed E-state index contributed by atoms with van der Waals surface area (Å²) < 4.78 is 32.7. The second kappa shape index (κ2) is 7.56. The van der Waals surface area contributed by atoms with E-state index in [1.807, 2.05) is 23.1 Å². The van der Waals surface area contributed by atoms with Gasteiger partial charge in [0.15, 0.2) is 5.17 Å². The number of amides is 1. The van der Waals surface area contributed by atoms with Gasteiger partial charge in [-0.05, 0) is 42.1 Å². The number of pyridine rings is 1. The molecule has 1 fully saturated rings. The van der Waals surface area contributed by atoms with E-state index in [0.717, 1.165) is 29.5 Å². The van der Waals surface area contributed by atoms with Crippen LogP contribution in [0.25, 0.3) is 0 Å². The van der Waals surface area contributed by atoms with E-state index < -0.39 is 10.0 Å². The fourth-order valence-corrected chi connectivity index (χ4v) is 5.81. The van der Waals surface area contributed by atoms with Crippen molar-refractivity contribution in [2.24, 2.45) is 4.40 Å². The van der Waals surface area contributed by atoms with E-state index in [-0.39, 0.29) is 11.7 Å². The second-order valence-corrected chi connectivity index (χ2v) is 9.82. The van der Waals surface area contributed by atoms with Gasteiger partial charge in [0.1, 0.15) is 5.82 Å². The highest BCUT2D eigenvalue weighted by atomic mass is 32.2. The number of aromatic nitrogens is 1. The summed E-state index contributed by atoms with van der Waals surface area (Å²) in [6.45, 7) is 3.34. The molecule has 156 valence electrons. The molecule has 0 bridgehead atoms. The number of nitrogens with one attached hydrogen (secondary N) is 1. The van der Waals surface area contributed by atoms with Crippen LogP contribution in [-0.4, -0.2) is 63.1 Å².